The van der Waals surface area contributed by atoms with Gasteiger partial charge in [0.15, 0.2) is 0 Å². The van der Waals surface area contributed by atoms with E-state index < -0.39 is 29.8 Å². The van der Waals surface area contributed by atoms with Gasteiger partial charge in [-0.15, -0.1) is 0 Å². The van der Waals surface area contributed by atoms with Crippen LogP contribution in [0.1, 0.15) is 48.5 Å². The zero-order valence-corrected chi connectivity index (χ0v) is 12.5. The molecule has 4 heteroatoms. The van der Waals surface area contributed by atoms with Crippen molar-refractivity contribution in [1.29, 1.82) is 0 Å². The van der Waals surface area contributed by atoms with Crippen LogP contribution in [0.15, 0.2) is 0 Å². The molecule has 0 bridgehead atoms. The summed E-state index contributed by atoms with van der Waals surface area (Å²) in [4.78, 5) is 13.0. The maximum absolute atomic E-state index is 14.3. The van der Waals surface area contributed by atoms with E-state index >= 15 is 0 Å². The lowest BCUT2D eigenvalue weighted by atomic mass is 9.67. The van der Waals surface area contributed by atoms with Gasteiger partial charge in [0.25, 0.3) is 5.92 Å². The molecule has 0 aromatic heterocycles. The first-order valence-corrected chi connectivity index (χ1v) is 6.43. The molecular weight excluding hydrogens is 236 g/mol. The van der Waals surface area contributed by atoms with Crippen molar-refractivity contribution in [1.82, 2.24) is 4.90 Å². The van der Waals surface area contributed by atoms with Crippen molar-refractivity contribution < 1.29 is 13.6 Å². The van der Waals surface area contributed by atoms with Gasteiger partial charge in [-0.1, -0.05) is 41.5 Å². The van der Waals surface area contributed by atoms with Crippen LogP contribution in [0.5, 0.6) is 0 Å². The van der Waals surface area contributed by atoms with E-state index in [4.69, 9.17) is 0 Å². The average Bonchev–Trinajstić information content (AvgIpc) is 2.34. The molecule has 0 aliphatic carbocycles. The number of hydrogen-bond acceptors (Lipinski definition) is 1. The Morgan fingerprint density at radius 2 is 1.56 bits per heavy atom. The monoisotopic (exact) mass is 261 g/mol. The standard InChI is InChI=1S/C14H25F2NO/c1-9(18)17-8-14(15,16)10(12(2,3)4)11(17)13(5,6)7/h10-11H,8H2,1-7H3. The number of likely N-dealkylation sites (tertiary alicyclic amines) is 1. The van der Waals surface area contributed by atoms with Gasteiger partial charge in [0.05, 0.1) is 12.5 Å². The summed E-state index contributed by atoms with van der Waals surface area (Å²) < 4.78 is 28.6. The minimum Gasteiger partial charge on any atom is -0.333 e. The topological polar surface area (TPSA) is 20.3 Å². The number of carbonyl (C=O) groups excluding carboxylic acids is 1. The Labute approximate surface area is 109 Å². The summed E-state index contributed by atoms with van der Waals surface area (Å²) in [6, 6.07) is -0.426. The molecule has 106 valence electrons. The molecule has 1 aliphatic heterocycles. The Balaban J connectivity index is 3.31. The first-order valence-electron chi connectivity index (χ1n) is 6.43. The molecular formula is C14H25F2NO. The molecule has 2 unspecified atom stereocenters. The van der Waals surface area contributed by atoms with Crippen molar-refractivity contribution in [3.05, 3.63) is 0 Å². The number of halogens is 2. The molecule has 0 N–H and O–H groups in total. The normalized spacial score (nSPS) is 28.6. The number of carbonyl (C=O) groups is 1. The third kappa shape index (κ3) is 2.67. The lowest BCUT2D eigenvalue weighted by Gasteiger charge is -2.43. The molecule has 1 rings (SSSR count). The highest BCUT2D eigenvalue weighted by Crippen LogP contribution is 2.52. The van der Waals surface area contributed by atoms with Crippen molar-refractivity contribution in [2.75, 3.05) is 6.54 Å². The van der Waals surface area contributed by atoms with Crippen LogP contribution in [0, 0.1) is 16.7 Å². The summed E-state index contributed by atoms with van der Waals surface area (Å²) in [5.74, 6) is -3.89. The summed E-state index contributed by atoms with van der Waals surface area (Å²) in [7, 11) is 0. The highest BCUT2D eigenvalue weighted by Gasteiger charge is 2.61. The molecule has 1 amide bonds. The minimum atomic E-state index is -2.82. The number of rotatable bonds is 0. The highest BCUT2D eigenvalue weighted by atomic mass is 19.3. The number of hydrogen-bond donors (Lipinski definition) is 0. The molecule has 0 aromatic carbocycles. The summed E-state index contributed by atoms with van der Waals surface area (Å²) in [6.07, 6.45) is 0. The predicted octanol–water partition coefficient (Wildman–Crippen LogP) is 3.56. The second-order valence-corrected chi connectivity index (χ2v) is 7.56. The van der Waals surface area contributed by atoms with E-state index in [1.807, 2.05) is 41.5 Å². The Morgan fingerprint density at radius 1 is 1.11 bits per heavy atom. The van der Waals surface area contributed by atoms with Gasteiger partial charge >= 0.3 is 0 Å². The van der Waals surface area contributed by atoms with E-state index in [1.165, 1.54) is 11.8 Å². The molecule has 0 radical (unpaired) electrons. The quantitative estimate of drug-likeness (QED) is 0.653. The maximum atomic E-state index is 14.3. The van der Waals surface area contributed by atoms with Gasteiger partial charge in [-0.3, -0.25) is 4.79 Å². The molecule has 2 atom stereocenters. The number of nitrogens with zero attached hydrogens (tertiary/aromatic N) is 1. The van der Waals surface area contributed by atoms with Crippen LogP contribution in [0.2, 0.25) is 0 Å². The zero-order valence-electron chi connectivity index (χ0n) is 12.5. The largest absolute Gasteiger partial charge is 0.333 e. The van der Waals surface area contributed by atoms with Crippen LogP contribution in [0.25, 0.3) is 0 Å². The first kappa shape index (κ1) is 15.4. The van der Waals surface area contributed by atoms with Crippen molar-refractivity contribution in [2.24, 2.45) is 16.7 Å². The van der Waals surface area contributed by atoms with Gasteiger partial charge in [0, 0.05) is 13.0 Å². The first-order chi connectivity index (χ1) is 7.78. The van der Waals surface area contributed by atoms with Gasteiger partial charge in [-0.25, -0.2) is 8.78 Å². The van der Waals surface area contributed by atoms with Crippen LogP contribution >= 0.6 is 0 Å². The molecule has 0 saturated carbocycles. The molecule has 2 nitrogen and oxygen atoms in total. The van der Waals surface area contributed by atoms with Gasteiger partial charge in [-0.2, -0.15) is 0 Å². The fraction of sp³-hybridized carbons (Fsp3) is 0.929. The number of alkyl halides is 2. The van der Waals surface area contributed by atoms with E-state index in [0.717, 1.165) is 0 Å². The lowest BCUT2D eigenvalue weighted by molar-refractivity contribution is -0.132. The molecule has 0 aromatic rings. The van der Waals surface area contributed by atoms with Crippen molar-refractivity contribution in [3.63, 3.8) is 0 Å². The molecule has 0 spiro atoms. The lowest BCUT2D eigenvalue weighted by Crippen LogP contribution is -2.49. The third-order valence-electron chi connectivity index (χ3n) is 3.71. The summed E-state index contributed by atoms with van der Waals surface area (Å²) in [5.41, 5.74) is -0.894. The molecule has 1 heterocycles. The van der Waals surface area contributed by atoms with E-state index in [1.54, 1.807) is 0 Å². The van der Waals surface area contributed by atoms with Crippen molar-refractivity contribution >= 4 is 5.91 Å². The molecule has 1 fully saturated rings. The van der Waals surface area contributed by atoms with Gasteiger partial charge in [0.1, 0.15) is 0 Å². The summed E-state index contributed by atoms with van der Waals surface area (Å²) in [6.45, 7) is 12.2. The Morgan fingerprint density at radius 3 is 1.83 bits per heavy atom. The smallest absolute Gasteiger partial charge is 0.270 e. The van der Waals surface area contributed by atoms with E-state index in [2.05, 4.69) is 0 Å². The second-order valence-electron chi connectivity index (χ2n) is 7.56. The Kier molecular flexibility index (Phi) is 3.57. The summed E-state index contributed by atoms with van der Waals surface area (Å²) in [5, 5.41) is 0. The van der Waals surface area contributed by atoms with E-state index in [9.17, 15) is 13.6 Å². The van der Waals surface area contributed by atoms with Crippen LogP contribution < -0.4 is 0 Å². The molecule has 18 heavy (non-hydrogen) atoms. The Hall–Kier alpha value is -0.670. The highest BCUT2D eigenvalue weighted by molar-refractivity contribution is 5.74. The fourth-order valence-electron chi connectivity index (χ4n) is 3.22. The van der Waals surface area contributed by atoms with Crippen molar-refractivity contribution in [2.45, 2.75) is 60.4 Å². The minimum absolute atomic E-state index is 0.263. The van der Waals surface area contributed by atoms with Gasteiger partial charge in [-0.05, 0) is 10.8 Å². The van der Waals surface area contributed by atoms with Crippen molar-refractivity contribution in [3.8, 4) is 0 Å². The second kappa shape index (κ2) is 4.17. The van der Waals surface area contributed by atoms with Gasteiger partial charge in [0.2, 0.25) is 5.91 Å². The van der Waals surface area contributed by atoms with Crippen LogP contribution in [-0.4, -0.2) is 29.3 Å². The van der Waals surface area contributed by atoms with Crippen LogP contribution in [0.4, 0.5) is 8.78 Å². The SMILES string of the molecule is CC(=O)N1CC(F)(F)C(C(C)(C)C)C1C(C)(C)C. The fourth-order valence-corrected chi connectivity index (χ4v) is 3.22. The average molecular weight is 261 g/mol. The summed E-state index contributed by atoms with van der Waals surface area (Å²) >= 11 is 0. The molecule has 1 saturated heterocycles. The van der Waals surface area contributed by atoms with Gasteiger partial charge < -0.3 is 4.90 Å². The van der Waals surface area contributed by atoms with Crippen LogP contribution in [0.3, 0.4) is 0 Å². The molecule has 1 aliphatic rings. The van der Waals surface area contributed by atoms with E-state index in [0.29, 0.717) is 0 Å². The van der Waals surface area contributed by atoms with Crippen LogP contribution in [-0.2, 0) is 4.79 Å². The Bertz CT molecular complexity index is 339. The van der Waals surface area contributed by atoms with E-state index in [-0.39, 0.29) is 11.3 Å². The zero-order chi connectivity index (χ0) is 14.5. The number of amides is 1. The third-order valence-corrected chi connectivity index (χ3v) is 3.71. The maximum Gasteiger partial charge on any atom is 0.270 e. The predicted molar refractivity (Wildman–Crippen MR) is 68.5 cm³/mol.